The molecular formula is C20H25N3O5S. The fourth-order valence-corrected chi connectivity index (χ4v) is 3.69. The van der Waals surface area contributed by atoms with Gasteiger partial charge in [0.15, 0.2) is 0 Å². The minimum Gasteiger partial charge on any atom is -0.495 e. The predicted molar refractivity (Wildman–Crippen MR) is 109 cm³/mol. The summed E-state index contributed by atoms with van der Waals surface area (Å²) >= 11 is 0. The summed E-state index contributed by atoms with van der Waals surface area (Å²) in [4.78, 5) is 23.7. The molecule has 0 saturated carbocycles. The molecule has 0 heterocycles. The van der Waals surface area contributed by atoms with E-state index in [1.165, 1.54) is 13.2 Å². The first-order chi connectivity index (χ1) is 13.7. The maximum absolute atomic E-state index is 12.5. The molecule has 0 aliphatic carbocycles. The Morgan fingerprint density at radius 1 is 1.03 bits per heavy atom. The molecule has 2 aromatic rings. The lowest BCUT2D eigenvalue weighted by Gasteiger charge is -2.11. The van der Waals surface area contributed by atoms with Gasteiger partial charge in [0.2, 0.25) is 15.9 Å². The van der Waals surface area contributed by atoms with E-state index >= 15 is 0 Å². The first-order valence-corrected chi connectivity index (χ1v) is 10.5. The molecule has 0 unspecified atom stereocenters. The van der Waals surface area contributed by atoms with E-state index in [-0.39, 0.29) is 41.6 Å². The summed E-state index contributed by atoms with van der Waals surface area (Å²) in [5, 5.41) is 5.22. The first-order valence-electron chi connectivity index (χ1n) is 9.02. The summed E-state index contributed by atoms with van der Waals surface area (Å²) in [5.74, 6) is -0.394. The van der Waals surface area contributed by atoms with Crippen LogP contribution in [0.1, 0.15) is 29.8 Å². The van der Waals surface area contributed by atoms with E-state index in [1.807, 2.05) is 13.8 Å². The Morgan fingerprint density at radius 2 is 1.69 bits per heavy atom. The summed E-state index contributed by atoms with van der Waals surface area (Å²) in [6.45, 7) is 3.61. The van der Waals surface area contributed by atoms with Crippen LogP contribution in [0.4, 0.5) is 0 Å². The van der Waals surface area contributed by atoms with E-state index in [4.69, 9.17) is 4.74 Å². The second kappa shape index (κ2) is 10.0. The number of carbonyl (C=O) groups is 2. The average molecular weight is 420 g/mol. The van der Waals surface area contributed by atoms with Crippen molar-refractivity contribution < 1.29 is 22.7 Å². The molecule has 156 valence electrons. The van der Waals surface area contributed by atoms with Crippen molar-refractivity contribution in [3.8, 4) is 5.75 Å². The Morgan fingerprint density at radius 3 is 2.31 bits per heavy atom. The van der Waals surface area contributed by atoms with Crippen molar-refractivity contribution in [3.63, 3.8) is 0 Å². The molecule has 0 aromatic heterocycles. The monoisotopic (exact) mass is 419 g/mol. The number of nitrogens with one attached hydrogen (secondary N) is 3. The van der Waals surface area contributed by atoms with Crippen LogP contribution in [0.5, 0.6) is 5.75 Å². The molecule has 9 heteroatoms. The van der Waals surface area contributed by atoms with Crippen LogP contribution in [0.25, 0.3) is 0 Å². The highest BCUT2D eigenvalue weighted by molar-refractivity contribution is 7.89. The molecule has 2 aromatic carbocycles. The maximum atomic E-state index is 12.5. The van der Waals surface area contributed by atoms with Gasteiger partial charge in [0.25, 0.3) is 5.91 Å². The zero-order chi connectivity index (χ0) is 21.4. The molecule has 0 fully saturated rings. The third kappa shape index (κ3) is 6.58. The minimum atomic E-state index is -3.75. The molecule has 29 heavy (non-hydrogen) atoms. The standard InChI is InChI=1S/C20H25N3O5S/c1-14(2)23-19(24)13-21-20(25)16-10-8-15(9-11-16)12-22-29(26,27)18-7-5-4-6-17(18)28-3/h4-11,14,22H,12-13H2,1-3H3,(H,21,25)(H,23,24). The van der Waals surface area contributed by atoms with Gasteiger partial charge in [-0.25, -0.2) is 13.1 Å². The smallest absolute Gasteiger partial charge is 0.251 e. The van der Waals surface area contributed by atoms with Gasteiger partial charge >= 0.3 is 0 Å². The SMILES string of the molecule is COc1ccccc1S(=O)(=O)NCc1ccc(C(=O)NCC(=O)NC(C)C)cc1. The molecule has 0 spiro atoms. The van der Waals surface area contributed by atoms with Crippen LogP contribution < -0.4 is 20.1 Å². The van der Waals surface area contributed by atoms with E-state index in [0.717, 1.165) is 0 Å². The Labute approximate surface area is 170 Å². The van der Waals surface area contributed by atoms with Gasteiger partial charge in [0.05, 0.1) is 13.7 Å². The summed E-state index contributed by atoms with van der Waals surface area (Å²) in [7, 11) is -2.35. The van der Waals surface area contributed by atoms with Crippen molar-refractivity contribution in [1.29, 1.82) is 0 Å². The van der Waals surface area contributed by atoms with Crippen molar-refractivity contribution in [1.82, 2.24) is 15.4 Å². The van der Waals surface area contributed by atoms with Gasteiger partial charge in [-0.15, -0.1) is 0 Å². The predicted octanol–water partition coefficient (Wildman–Crippen LogP) is 1.43. The third-order valence-electron chi connectivity index (χ3n) is 3.90. The number of carbonyl (C=O) groups excluding carboxylic acids is 2. The van der Waals surface area contributed by atoms with Crippen molar-refractivity contribution in [2.24, 2.45) is 0 Å². The summed E-state index contributed by atoms with van der Waals surface area (Å²) in [6, 6.07) is 12.8. The van der Waals surface area contributed by atoms with Crippen molar-refractivity contribution in [2.75, 3.05) is 13.7 Å². The molecular weight excluding hydrogens is 394 g/mol. The van der Waals surface area contributed by atoms with Crippen molar-refractivity contribution in [2.45, 2.75) is 31.3 Å². The number of amides is 2. The zero-order valence-corrected chi connectivity index (χ0v) is 17.4. The topological polar surface area (TPSA) is 114 Å². The number of rotatable bonds is 9. The molecule has 2 amide bonds. The van der Waals surface area contributed by atoms with Crippen LogP contribution in [0.2, 0.25) is 0 Å². The largest absolute Gasteiger partial charge is 0.495 e. The van der Waals surface area contributed by atoms with Crippen LogP contribution in [0.3, 0.4) is 0 Å². The summed E-state index contributed by atoms with van der Waals surface area (Å²) < 4.78 is 32.6. The fraction of sp³-hybridized carbons (Fsp3) is 0.300. The molecule has 0 aliphatic heterocycles. The third-order valence-corrected chi connectivity index (χ3v) is 5.34. The number of para-hydroxylation sites is 1. The molecule has 0 bridgehead atoms. The second-order valence-electron chi connectivity index (χ2n) is 6.58. The van der Waals surface area contributed by atoms with Gasteiger partial charge in [-0.1, -0.05) is 24.3 Å². The van der Waals surface area contributed by atoms with Gasteiger partial charge in [-0.2, -0.15) is 0 Å². The Hall–Kier alpha value is -2.91. The molecule has 2 rings (SSSR count). The first kappa shape index (κ1) is 22.4. The lowest BCUT2D eigenvalue weighted by Crippen LogP contribution is -2.39. The van der Waals surface area contributed by atoms with Gasteiger partial charge in [-0.05, 0) is 43.7 Å². The summed E-state index contributed by atoms with van der Waals surface area (Å²) in [6.07, 6.45) is 0. The maximum Gasteiger partial charge on any atom is 0.251 e. The van der Waals surface area contributed by atoms with Crippen LogP contribution >= 0.6 is 0 Å². The van der Waals surface area contributed by atoms with E-state index in [2.05, 4.69) is 15.4 Å². The lowest BCUT2D eigenvalue weighted by molar-refractivity contribution is -0.120. The fourth-order valence-electron chi connectivity index (χ4n) is 2.51. The van der Waals surface area contributed by atoms with Crippen LogP contribution in [-0.2, 0) is 21.4 Å². The Balaban J connectivity index is 1.95. The second-order valence-corrected chi connectivity index (χ2v) is 8.31. The van der Waals surface area contributed by atoms with Gasteiger partial charge < -0.3 is 15.4 Å². The normalized spacial score (nSPS) is 11.2. The number of ether oxygens (including phenoxy) is 1. The highest BCUT2D eigenvalue weighted by Gasteiger charge is 2.18. The molecule has 0 radical (unpaired) electrons. The highest BCUT2D eigenvalue weighted by Crippen LogP contribution is 2.22. The molecule has 0 aliphatic rings. The molecule has 3 N–H and O–H groups in total. The lowest BCUT2D eigenvalue weighted by atomic mass is 10.1. The van der Waals surface area contributed by atoms with Crippen LogP contribution in [0, 0.1) is 0 Å². The molecule has 8 nitrogen and oxygen atoms in total. The quantitative estimate of drug-likeness (QED) is 0.569. The Bertz CT molecular complexity index is 956. The van der Waals surface area contributed by atoms with Gasteiger partial charge in [0.1, 0.15) is 10.6 Å². The van der Waals surface area contributed by atoms with E-state index < -0.39 is 10.0 Å². The average Bonchev–Trinajstić information content (AvgIpc) is 2.70. The van der Waals surface area contributed by atoms with E-state index in [1.54, 1.807) is 42.5 Å². The number of hydrogen-bond acceptors (Lipinski definition) is 5. The van der Waals surface area contributed by atoms with E-state index in [9.17, 15) is 18.0 Å². The highest BCUT2D eigenvalue weighted by atomic mass is 32.2. The summed E-state index contributed by atoms with van der Waals surface area (Å²) in [5.41, 5.74) is 1.05. The van der Waals surface area contributed by atoms with Gasteiger partial charge in [-0.3, -0.25) is 9.59 Å². The van der Waals surface area contributed by atoms with Gasteiger partial charge in [0, 0.05) is 18.2 Å². The van der Waals surface area contributed by atoms with Crippen LogP contribution in [0.15, 0.2) is 53.4 Å². The van der Waals surface area contributed by atoms with Crippen LogP contribution in [-0.4, -0.2) is 39.9 Å². The van der Waals surface area contributed by atoms with Crippen molar-refractivity contribution in [3.05, 3.63) is 59.7 Å². The number of benzene rings is 2. The van der Waals surface area contributed by atoms with E-state index in [0.29, 0.717) is 11.1 Å². The molecule has 0 atom stereocenters. The number of sulfonamides is 1. The minimum absolute atomic E-state index is 0.00156. The number of methoxy groups -OCH3 is 1. The number of hydrogen-bond donors (Lipinski definition) is 3. The van der Waals surface area contributed by atoms with Crippen molar-refractivity contribution >= 4 is 21.8 Å². The zero-order valence-electron chi connectivity index (χ0n) is 16.6. The Kier molecular flexibility index (Phi) is 7.74. The molecule has 0 saturated heterocycles.